The smallest absolute Gasteiger partial charge is 0.316 e. The van der Waals surface area contributed by atoms with Crippen molar-refractivity contribution in [3.05, 3.63) is 72.3 Å². The Hall–Kier alpha value is -3.41. The lowest BCUT2D eigenvalue weighted by Crippen LogP contribution is -2.39. The number of benzene rings is 3. The van der Waals surface area contributed by atoms with E-state index in [2.05, 4.69) is 33.1 Å². The summed E-state index contributed by atoms with van der Waals surface area (Å²) in [5.74, 6) is 0. The van der Waals surface area contributed by atoms with Crippen molar-refractivity contribution in [3.8, 4) is 0 Å². The van der Waals surface area contributed by atoms with Crippen LogP contribution in [-0.2, 0) is 0 Å². The summed E-state index contributed by atoms with van der Waals surface area (Å²) < 4.78 is 1.74. The number of hydrogen-bond donors (Lipinski definition) is 2. The zero-order chi connectivity index (χ0) is 17.2. The summed E-state index contributed by atoms with van der Waals surface area (Å²) in [5.41, 5.74) is 2.60. The van der Waals surface area contributed by atoms with Crippen LogP contribution < -0.4 is 10.6 Å². The van der Waals surface area contributed by atoms with E-state index in [0.717, 1.165) is 27.4 Å². The van der Waals surface area contributed by atoms with E-state index >= 15 is 0 Å². The fourth-order valence-corrected chi connectivity index (χ4v) is 3.03. The molecule has 124 valence electrons. The van der Waals surface area contributed by atoms with Gasteiger partial charge in [0, 0.05) is 12.6 Å². The number of carbonyl (C=O) groups excluding carboxylic acids is 1. The predicted molar refractivity (Wildman–Crippen MR) is 97.2 cm³/mol. The lowest BCUT2D eigenvalue weighted by Gasteiger charge is -2.21. The van der Waals surface area contributed by atoms with Gasteiger partial charge in [-0.2, -0.15) is 0 Å². The third-order valence-electron chi connectivity index (χ3n) is 4.23. The van der Waals surface area contributed by atoms with Gasteiger partial charge in [0.05, 0.1) is 5.52 Å². The molecule has 3 aromatic carbocycles. The van der Waals surface area contributed by atoms with Gasteiger partial charge in [-0.15, -0.1) is 5.10 Å². The highest BCUT2D eigenvalue weighted by Crippen LogP contribution is 2.27. The number of fused-ring (bicyclic) bond motifs is 2. The molecule has 1 heterocycles. The molecule has 4 aromatic rings. The first-order valence-corrected chi connectivity index (χ1v) is 8.04. The van der Waals surface area contributed by atoms with Crippen molar-refractivity contribution >= 4 is 27.8 Å². The SMILES string of the molecule is CNC(=O)NC(c1cccc2ccccc12)n1nnc2ccccc21. The molecular weight excluding hydrogens is 314 g/mol. The third kappa shape index (κ3) is 2.67. The van der Waals surface area contributed by atoms with Crippen molar-refractivity contribution in [2.45, 2.75) is 6.17 Å². The van der Waals surface area contributed by atoms with Crippen molar-refractivity contribution in [1.29, 1.82) is 0 Å². The van der Waals surface area contributed by atoms with E-state index in [1.165, 1.54) is 0 Å². The van der Waals surface area contributed by atoms with Gasteiger partial charge in [0.15, 0.2) is 6.17 Å². The lowest BCUT2D eigenvalue weighted by atomic mass is 10.0. The Morgan fingerprint density at radius 3 is 2.64 bits per heavy atom. The Kier molecular flexibility index (Phi) is 3.78. The highest BCUT2D eigenvalue weighted by molar-refractivity contribution is 5.87. The normalized spacial score (nSPS) is 12.2. The third-order valence-corrected chi connectivity index (χ3v) is 4.23. The highest BCUT2D eigenvalue weighted by Gasteiger charge is 2.21. The van der Waals surface area contributed by atoms with E-state index in [1.807, 2.05) is 54.6 Å². The average molecular weight is 331 g/mol. The standard InChI is InChI=1S/C19H17N5O/c1-20-19(25)21-18(24-17-12-5-4-11-16(17)22-23-24)15-10-6-8-13-7-2-3-9-14(13)15/h2-12,18H,1H3,(H2,20,21,25). The fraction of sp³-hybridized carbons (Fsp3) is 0.105. The molecule has 0 aliphatic heterocycles. The molecular formula is C19H17N5O. The molecule has 0 aliphatic carbocycles. The van der Waals surface area contributed by atoms with Gasteiger partial charge in [0.1, 0.15) is 5.52 Å². The number of amides is 2. The summed E-state index contributed by atoms with van der Waals surface area (Å²) in [6.45, 7) is 0. The Bertz CT molecular complexity index is 1050. The van der Waals surface area contributed by atoms with E-state index in [9.17, 15) is 4.79 Å². The number of aromatic nitrogens is 3. The maximum absolute atomic E-state index is 12.1. The summed E-state index contributed by atoms with van der Waals surface area (Å²) >= 11 is 0. The number of rotatable bonds is 3. The van der Waals surface area contributed by atoms with Crippen LogP contribution in [0, 0.1) is 0 Å². The highest BCUT2D eigenvalue weighted by atomic mass is 16.2. The van der Waals surface area contributed by atoms with Gasteiger partial charge in [-0.25, -0.2) is 9.48 Å². The molecule has 1 atom stereocenters. The Morgan fingerprint density at radius 2 is 1.76 bits per heavy atom. The molecule has 0 aliphatic rings. The second-order valence-electron chi connectivity index (χ2n) is 5.72. The van der Waals surface area contributed by atoms with Gasteiger partial charge < -0.3 is 10.6 Å². The van der Waals surface area contributed by atoms with Gasteiger partial charge >= 0.3 is 6.03 Å². The lowest BCUT2D eigenvalue weighted by molar-refractivity contribution is 0.236. The van der Waals surface area contributed by atoms with Crippen LogP contribution in [0.15, 0.2) is 66.7 Å². The minimum Gasteiger partial charge on any atom is -0.341 e. The van der Waals surface area contributed by atoms with Gasteiger partial charge in [-0.3, -0.25) is 0 Å². The molecule has 0 fully saturated rings. The molecule has 0 bridgehead atoms. The number of para-hydroxylation sites is 1. The summed E-state index contributed by atoms with van der Waals surface area (Å²) in [7, 11) is 1.59. The van der Waals surface area contributed by atoms with E-state index in [0.29, 0.717) is 0 Å². The van der Waals surface area contributed by atoms with Gasteiger partial charge in [-0.1, -0.05) is 59.8 Å². The summed E-state index contributed by atoms with van der Waals surface area (Å²) in [6.07, 6.45) is -0.474. The van der Waals surface area contributed by atoms with Crippen LogP contribution in [0.2, 0.25) is 0 Å². The largest absolute Gasteiger partial charge is 0.341 e. The van der Waals surface area contributed by atoms with E-state index in [4.69, 9.17) is 0 Å². The molecule has 1 aromatic heterocycles. The fourth-order valence-electron chi connectivity index (χ4n) is 3.03. The second-order valence-corrected chi connectivity index (χ2v) is 5.72. The zero-order valence-corrected chi connectivity index (χ0v) is 13.7. The van der Waals surface area contributed by atoms with Crippen LogP contribution in [0.5, 0.6) is 0 Å². The molecule has 0 saturated carbocycles. The molecule has 1 unspecified atom stereocenters. The summed E-state index contributed by atoms with van der Waals surface area (Å²) in [6, 6.07) is 21.5. The Labute approximate surface area is 144 Å². The number of carbonyl (C=O) groups is 1. The van der Waals surface area contributed by atoms with Crippen molar-refractivity contribution < 1.29 is 4.79 Å². The predicted octanol–water partition coefficient (Wildman–Crippen LogP) is 3.06. The molecule has 0 spiro atoms. The van der Waals surface area contributed by atoms with Crippen molar-refractivity contribution in [3.63, 3.8) is 0 Å². The molecule has 2 amide bonds. The van der Waals surface area contributed by atoms with Crippen LogP contribution in [-0.4, -0.2) is 28.1 Å². The molecule has 0 radical (unpaired) electrons. The van der Waals surface area contributed by atoms with Crippen LogP contribution in [0.4, 0.5) is 4.79 Å². The van der Waals surface area contributed by atoms with Crippen LogP contribution in [0.25, 0.3) is 21.8 Å². The minimum atomic E-state index is -0.474. The minimum absolute atomic E-state index is 0.280. The van der Waals surface area contributed by atoms with Crippen molar-refractivity contribution in [2.24, 2.45) is 0 Å². The summed E-state index contributed by atoms with van der Waals surface area (Å²) in [5, 5.41) is 16.3. The van der Waals surface area contributed by atoms with Gasteiger partial charge in [-0.05, 0) is 22.9 Å². The Morgan fingerprint density at radius 1 is 1.00 bits per heavy atom. The van der Waals surface area contributed by atoms with Crippen LogP contribution in [0.3, 0.4) is 0 Å². The van der Waals surface area contributed by atoms with Gasteiger partial charge in [0.2, 0.25) is 0 Å². The zero-order valence-electron chi connectivity index (χ0n) is 13.7. The quantitative estimate of drug-likeness (QED) is 0.606. The van der Waals surface area contributed by atoms with Gasteiger partial charge in [0.25, 0.3) is 0 Å². The van der Waals surface area contributed by atoms with Crippen molar-refractivity contribution in [2.75, 3.05) is 7.05 Å². The first kappa shape index (κ1) is 15.1. The maximum Gasteiger partial charge on any atom is 0.316 e. The maximum atomic E-state index is 12.1. The monoisotopic (exact) mass is 331 g/mol. The second kappa shape index (κ2) is 6.24. The average Bonchev–Trinajstić information content (AvgIpc) is 3.09. The summed E-state index contributed by atoms with van der Waals surface area (Å²) in [4.78, 5) is 12.1. The van der Waals surface area contributed by atoms with Crippen molar-refractivity contribution in [1.82, 2.24) is 25.6 Å². The number of hydrogen-bond acceptors (Lipinski definition) is 3. The topological polar surface area (TPSA) is 71.8 Å². The number of urea groups is 1. The molecule has 6 nitrogen and oxygen atoms in total. The molecule has 2 N–H and O–H groups in total. The molecule has 6 heteroatoms. The van der Waals surface area contributed by atoms with E-state index < -0.39 is 6.17 Å². The molecule has 0 saturated heterocycles. The molecule has 25 heavy (non-hydrogen) atoms. The van der Waals surface area contributed by atoms with E-state index in [1.54, 1.807) is 11.7 Å². The number of nitrogens with zero attached hydrogens (tertiary/aromatic N) is 3. The Balaban J connectivity index is 1.93. The first-order valence-electron chi connectivity index (χ1n) is 8.04. The van der Waals surface area contributed by atoms with Crippen LogP contribution in [0.1, 0.15) is 11.7 Å². The van der Waals surface area contributed by atoms with Crippen LogP contribution >= 0.6 is 0 Å². The first-order chi connectivity index (χ1) is 12.3. The number of nitrogens with one attached hydrogen (secondary N) is 2. The molecule has 4 rings (SSSR count). The van der Waals surface area contributed by atoms with E-state index in [-0.39, 0.29) is 6.03 Å².